The number of hydrogen-bond acceptors (Lipinski definition) is 4. The molecule has 0 saturated heterocycles. The second-order valence-electron chi connectivity index (χ2n) is 6.70. The van der Waals surface area contributed by atoms with Crippen molar-refractivity contribution in [1.82, 2.24) is 14.9 Å². The summed E-state index contributed by atoms with van der Waals surface area (Å²) in [6.07, 6.45) is 1.61. The molecule has 0 spiro atoms. The highest BCUT2D eigenvalue weighted by molar-refractivity contribution is 5.92. The van der Waals surface area contributed by atoms with E-state index in [0.717, 1.165) is 5.69 Å². The van der Waals surface area contributed by atoms with Gasteiger partial charge < -0.3 is 10.2 Å². The molecule has 0 aliphatic carbocycles. The molecule has 0 saturated carbocycles. The fourth-order valence-corrected chi connectivity index (χ4v) is 2.39. The largest absolute Gasteiger partial charge is 0.338 e. The van der Waals surface area contributed by atoms with E-state index in [1.807, 2.05) is 26.0 Å². The lowest BCUT2D eigenvalue weighted by atomic mass is 9.87. The molecule has 1 aromatic heterocycles. The van der Waals surface area contributed by atoms with E-state index < -0.39 is 0 Å². The van der Waals surface area contributed by atoms with E-state index in [1.54, 1.807) is 17.2 Å². The highest BCUT2D eigenvalue weighted by Gasteiger charge is 2.15. The summed E-state index contributed by atoms with van der Waals surface area (Å²) in [6, 6.07) is 9.83. The average molecular weight is 326 g/mol. The van der Waals surface area contributed by atoms with Gasteiger partial charge in [0.05, 0.1) is 0 Å². The Morgan fingerprint density at radius 1 is 1.08 bits per heavy atom. The van der Waals surface area contributed by atoms with Crippen LogP contribution < -0.4 is 5.32 Å². The average Bonchev–Trinajstić information content (AvgIpc) is 2.56. The van der Waals surface area contributed by atoms with Gasteiger partial charge in [-0.3, -0.25) is 4.79 Å². The Hall–Kier alpha value is -2.43. The first-order valence-corrected chi connectivity index (χ1v) is 8.35. The number of nitrogens with one attached hydrogen (secondary N) is 1. The lowest BCUT2D eigenvalue weighted by molar-refractivity contribution is 0.0767. The Morgan fingerprint density at radius 2 is 1.71 bits per heavy atom. The van der Waals surface area contributed by atoms with Crippen LogP contribution in [0.3, 0.4) is 0 Å². The number of carbonyl (C=O) groups excluding carboxylic acids is 1. The van der Waals surface area contributed by atoms with Crippen molar-refractivity contribution in [2.45, 2.75) is 40.0 Å². The number of nitrogens with zero attached hydrogens (tertiary/aromatic N) is 3. The summed E-state index contributed by atoms with van der Waals surface area (Å²) < 4.78 is 0. The molecule has 5 heteroatoms. The summed E-state index contributed by atoms with van der Waals surface area (Å²) in [5.41, 5.74) is 2.68. The van der Waals surface area contributed by atoms with Gasteiger partial charge in [-0.15, -0.1) is 0 Å². The van der Waals surface area contributed by atoms with E-state index in [4.69, 9.17) is 0 Å². The number of rotatable bonds is 5. The molecule has 1 amide bonds. The van der Waals surface area contributed by atoms with Crippen molar-refractivity contribution in [2.24, 2.45) is 0 Å². The van der Waals surface area contributed by atoms with Crippen LogP contribution in [0.1, 0.15) is 50.7 Å². The zero-order valence-corrected chi connectivity index (χ0v) is 15.1. The van der Waals surface area contributed by atoms with Crippen LogP contribution in [0.2, 0.25) is 0 Å². The summed E-state index contributed by atoms with van der Waals surface area (Å²) in [4.78, 5) is 22.7. The lowest BCUT2D eigenvalue weighted by Gasteiger charge is -2.19. The minimum absolute atomic E-state index is 0.0754. The van der Waals surface area contributed by atoms with Crippen LogP contribution in [0.15, 0.2) is 36.5 Å². The van der Waals surface area contributed by atoms with Gasteiger partial charge in [0.2, 0.25) is 5.95 Å². The minimum Gasteiger partial charge on any atom is -0.338 e. The maximum absolute atomic E-state index is 12.4. The van der Waals surface area contributed by atoms with E-state index in [0.29, 0.717) is 24.7 Å². The van der Waals surface area contributed by atoms with E-state index in [1.165, 1.54) is 5.56 Å². The van der Waals surface area contributed by atoms with Crippen LogP contribution in [0.25, 0.3) is 0 Å². The molecule has 1 aromatic carbocycles. The van der Waals surface area contributed by atoms with Crippen molar-refractivity contribution in [2.75, 3.05) is 18.4 Å². The minimum atomic E-state index is -0.0754. The Balaban J connectivity index is 2.16. The predicted molar refractivity (Wildman–Crippen MR) is 97.7 cm³/mol. The molecule has 2 aromatic rings. The third-order valence-electron chi connectivity index (χ3n) is 3.93. The number of hydrogen-bond donors (Lipinski definition) is 1. The SMILES string of the molecule is CCN(CC)C(=O)c1ccnc(Nc2ccc(C(C)(C)C)cc2)n1. The lowest BCUT2D eigenvalue weighted by Crippen LogP contribution is -2.31. The molecule has 0 unspecified atom stereocenters. The Labute approximate surface area is 144 Å². The molecule has 0 fully saturated rings. The second kappa shape index (κ2) is 7.43. The van der Waals surface area contributed by atoms with Crippen molar-refractivity contribution < 1.29 is 4.79 Å². The third-order valence-corrected chi connectivity index (χ3v) is 3.93. The zero-order valence-electron chi connectivity index (χ0n) is 15.1. The number of carbonyl (C=O) groups is 1. The second-order valence-corrected chi connectivity index (χ2v) is 6.70. The molecular weight excluding hydrogens is 300 g/mol. The standard InChI is InChI=1S/C19H26N4O/c1-6-23(7-2)17(24)16-12-13-20-18(22-16)21-15-10-8-14(9-11-15)19(3,4)5/h8-13H,6-7H2,1-5H3,(H,20,21,22). The van der Waals surface area contributed by atoms with Gasteiger partial charge in [0, 0.05) is 25.0 Å². The van der Waals surface area contributed by atoms with Crippen LogP contribution in [0, 0.1) is 0 Å². The quantitative estimate of drug-likeness (QED) is 0.902. The molecule has 0 bridgehead atoms. The van der Waals surface area contributed by atoms with Gasteiger partial charge >= 0.3 is 0 Å². The summed E-state index contributed by atoms with van der Waals surface area (Å²) >= 11 is 0. The topological polar surface area (TPSA) is 58.1 Å². The molecule has 1 heterocycles. The number of amides is 1. The molecule has 0 radical (unpaired) electrons. The first kappa shape index (κ1) is 17.9. The van der Waals surface area contributed by atoms with Gasteiger partial charge in [0.1, 0.15) is 5.69 Å². The van der Waals surface area contributed by atoms with Crippen LogP contribution in [-0.4, -0.2) is 33.9 Å². The molecule has 0 aliphatic rings. The van der Waals surface area contributed by atoms with Crippen molar-refractivity contribution in [3.8, 4) is 0 Å². The van der Waals surface area contributed by atoms with Crippen molar-refractivity contribution >= 4 is 17.5 Å². The van der Waals surface area contributed by atoms with Gasteiger partial charge in [-0.1, -0.05) is 32.9 Å². The predicted octanol–water partition coefficient (Wildman–Crippen LogP) is 4.00. The Bertz CT molecular complexity index is 685. The first-order valence-electron chi connectivity index (χ1n) is 8.35. The zero-order chi connectivity index (χ0) is 17.7. The highest BCUT2D eigenvalue weighted by atomic mass is 16.2. The van der Waals surface area contributed by atoms with Crippen molar-refractivity contribution in [3.05, 3.63) is 47.8 Å². The van der Waals surface area contributed by atoms with Crippen molar-refractivity contribution in [1.29, 1.82) is 0 Å². The third kappa shape index (κ3) is 4.31. The normalized spacial score (nSPS) is 11.2. The molecule has 0 atom stereocenters. The molecule has 2 rings (SSSR count). The summed E-state index contributed by atoms with van der Waals surface area (Å²) in [7, 11) is 0. The van der Waals surface area contributed by atoms with Crippen LogP contribution in [-0.2, 0) is 5.41 Å². The van der Waals surface area contributed by atoms with Crippen LogP contribution in [0.4, 0.5) is 11.6 Å². The Morgan fingerprint density at radius 3 is 2.25 bits per heavy atom. The summed E-state index contributed by atoms with van der Waals surface area (Å²) in [5.74, 6) is 0.352. The van der Waals surface area contributed by atoms with Gasteiger partial charge in [0.25, 0.3) is 5.91 Å². The molecular formula is C19H26N4O. The number of aromatic nitrogens is 2. The van der Waals surface area contributed by atoms with E-state index in [-0.39, 0.29) is 11.3 Å². The summed E-state index contributed by atoms with van der Waals surface area (Å²) in [5, 5.41) is 3.16. The van der Waals surface area contributed by atoms with Gasteiger partial charge in [-0.05, 0) is 43.0 Å². The molecule has 1 N–H and O–H groups in total. The van der Waals surface area contributed by atoms with Gasteiger partial charge in [0.15, 0.2) is 0 Å². The molecule has 24 heavy (non-hydrogen) atoms. The van der Waals surface area contributed by atoms with Crippen molar-refractivity contribution in [3.63, 3.8) is 0 Å². The maximum Gasteiger partial charge on any atom is 0.272 e. The van der Waals surface area contributed by atoms with Crippen LogP contribution in [0.5, 0.6) is 0 Å². The first-order chi connectivity index (χ1) is 11.3. The van der Waals surface area contributed by atoms with Crippen LogP contribution >= 0.6 is 0 Å². The van der Waals surface area contributed by atoms with E-state index >= 15 is 0 Å². The summed E-state index contributed by atoms with van der Waals surface area (Å²) in [6.45, 7) is 11.8. The van der Waals surface area contributed by atoms with Gasteiger partial charge in [-0.2, -0.15) is 0 Å². The smallest absolute Gasteiger partial charge is 0.272 e. The molecule has 128 valence electrons. The van der Waals surface area contributed by atoms with E-state index in [9.17, 15) is 4.79 Å². The maximum atomic E-state index is 12.4. The fraction of sp³-hybridized carbons (Fsp3) is 0.421. The van der Waals surface area contributed by atoms with Gasteiger partial charge in [-0.25, -0.2) is 9.97 Å². The number of anilines is 2. The molecule has 0 aliphatic heterocycles. The molecule has 5 nitrogen and oxygen atoms in total. The highest BCUT2D eigenvalue weighted by Crippen LogP contribution is 2.24. The monoisotopic (exact) mass is 326 g/mol. The number of benzene rings is 1. The fourth-order valence-electron chi connectivity index (χ4n) is 2.39. The van der Waals surface area contributed by atoms with E-state index in [2.05, 4.69) is 48.2 Å². The Kier molecular flexibility index (Phi) is 5.54.